The van der Waals surface area contributed by atoms with Crippen molar-refractivity contribution in [2.24, 2.45) is 5.92 Å². The predicted molar refractivity (Wildman–Crippen MR) is 64.4 cm³/mol. The molecule has 1 saturated carbocycles. The lowest BCUT2D eigenvalue weighted by Gasteiger charge is -2.39. The summed E-state index contributed by atoms with van der Waals surface area (Å²) >= 11 is 0. The van der Waals surface area contributed by atoms with Gasteiger partial charge in [-0.05, 0) is 32.1 Å². The van der Waals surface area contributed by atoms with E-state index in [4.69, 9.17) is 4.74 Å². The maximum atomic E-state index is 11.8. The molecule has 0 aromatic heterocycles. The minimum Gasteiger partial charge on any atom is -0.383 e. The number of carbonyl (C=O) groups excluding carboxylic acids is 1. The van der Waals surface area contributed by atoms with Crippen molar-refractivity contribution in [2.45, 2.75) is 51.6 Å². The summed E-state index contributed by atoms with van der Waals surface area (Å²) < 4.78 is 5.09. The Morgan fingerprint density at radius 3 is 2.44 bits per heavy atom. The van der Waals surface area contributed by atoms with E-state index in [1.54, 1.807) is 7.11 Å². The first-order valence-electron chi connectivity index (χ1n) is 6.04. The molecule has 0 aromatic rings. The van der Waals surface area contributed by atoms with E-state index in [2.05, 4.69) is 31.4 Å². The Balaban J connectivity index is 2.36. The lowest BCUT2D eigenvalue weighted by atomic mass is 9.79. The molecule has 1 fully saturated rings. The lowest BCUT2D eigenvalue weighted by molar-refractivity contribution is 0.141. The van der Waals surface area contributed by atoms with E-state index in [9.17, 15) is 4.79 Å². The quantitative estimate of drug-likeness (QED) is 0.755. The minimum absolute atomic E-state index is 0.0126. The van der Waals surface area contributed by atoms with E-state index < -0.39 is 0 Å². The normalized spacial score (nSPS) is 20.1. The summed E-state index contributed by atoms with van der Waals surface area (Å²) in [7, 11) is 1.65. The number of methoxy groups -OCH3 is 1. The largest absolute Gasteiger partial charge is 0.383 e. The molecule has 4 nitrogen and oxygen atoms in total. The molecular weight excluding hydrogens is 204 g/mol. The van der Waals surface area contributed by atoms with Crippen LogP contribution >= 0.6 is 0 Å². The van der Waals surface area contributed by atoms with Crippen LogP contribution in [-0.4, -0.2) is 31.3 Å². The van der Waals surface area contributed by atoms with Gasteiger partial charge in [-0.25, -0.2) is 4.79 Å². The van der Waals surface area contributed by atoms with E-state index in [0.29, 0.717) is 12.5 Å². The highest BCUT2D eigenvalue weighted by Crippen LogP contribution is 2.30. The van der Waals surface area contributed by atoms with Gasteiger partial charge in [0.05, 0.1) is 12.6 Å². The topological polar surface area (TPSA) is 50.4 Å². The van der Waals surface area contributed by atoms with Crippen LogP contribution in [0.5, 0.6) is 0 Å². The number of nitrogens with one attached hydrogen (secondary N) is 2. The van der Waals surface area contributed by atoms with E-state index in [1.165, 1.54) is 6.42 Å². The number of ether oxygens (including phenoxy) is 1. The summed E-state index contributed by atoms with van der Waals surface area (Å²) in [6, 6.07) is 0.00614. The second-order valence-corrected chi connectivity index (χ2v) is 5.32. The molecule has 1 atom stereocenters. The monoisotopic (exact) mass is 228 g/mol. The van der Waals surface area contributed by atoms with Crippen LogP contribution in [0.25, 0.3) is 0 Å². The standard InChI is InChI=1S/C12H24N2O2/c1-9(2)10(8-16-4)13-11(15)14-12(3)6-5-7-12/h9-10H,5-8H2,1-4H3,(H2,13,14,15)/t10-/m1/s1. The molecule has 16 heavy (non-hydrogen) atoms. The highest BCUT2D eigenvalue weighted by Gasteiger charge is 2.33. The van der Waals surface area contributed by atoms with Crippen LogP contribution in [0.1, 0.15) is 40.0 Å². The number of carbonyl (C=O) groups is 1. The van der Waals surface area contributed by atoms with Gasteiger partial charge in [-0.2, -0.15) is 0 Å². The van der Waals surface area contributed by atoms with E-state index >= 15 is 0 Å². The Kier molecular flexibility index (Phi) is 4.59. The molecule has 1 aliphatic carbocycles. The summed E-state index contributed by atoms with van der Waals surface area (Å²) in [5.41, 5.74) is 0.0126. The molecule has 0 bridgehead atoms. The first-order chi connectivity index (χ1) is 7.47. The number of amides is 2. The van der Waals surface area contributed by atoms with Crippen LogP contribution in [0.15, 0.2) is 0 Å². The zero-order chi connectivity index (χ0) is 12.2. The zero-order valence-electron chi connectivity index (χ0n) is 10.8. The molecule has 0 saturated heterocycles. The van der Waals surface area contributed by atoms with Crippen molar-refractivity contribution < 1.29 is 9.53 Å². The second-order valence-electron chi connectivity index (χ2n) is 5.32. The van der Waals surface area contributed by atoms with Crippen molar-refractivity contribution in [2.75, 3.05) is 13.7 Å². The molecule has 0 unspecified atom stereocenters. The molecule has 1 rings (SSSR count). The van der Waals surface area contributed by atoms with Crippen LogP contribution in [0.4, 0.5) is 4.79 Å². The van der Waals surface area contributed by atoms with Crippen LogP contribution < -0.4 is 10.6 Å². The zero-order valence-corrected chi connectivity index (χ0v) is 10.8. The molecule has 2 N–H and O–H groups in total. The van der Waals surface area contributed by atoms with Gasteiger partial charge >= 0.3 is 6.03 Å². The maximum absolute atomic E-state index is 11.8. The van der Waals surface area contributed by atoms with Gasteiger partial charge in [-0.3, -0.25) is 0 Å². The molecular formula is C12H24N2O2. The van der Waals surface area contributed by atoms with Crippen molar-refractivity contribution in [3.05, 3.63) is 0 Å². The minimum atomic E-state index is -0.0713. The van der Waals surface area contributed by atoms with Crippen molar-refractivity contribution >= 4 is 6.03 Å². The van der Waals surface area contributed by atoms with Crippen LogP contribution in [-0.2, 0) is 4.74 Å². The Morgan fingerprint density at radius 1 is 1.44 bits per heavy atom. The maximum Gasteiger partial charge on any atom is 0.315 e. The third kappa shape index (κ3) is 3.67. The second kappa shape index (κ2) is 5.53. The van der Waals surface area contributed by atoms with Crippen molar-refractivity contribution in [1.29, 1.82) is 0 Å². The fourth-order valence-electron chi connectivity index (χ4n) is 1.89. The number of hydrogen-bond donors (Lipinski definition) is 2. The molecule has 0 heterocycles. The van der Waals surface area contributed by atoms with Gasteiger partial charge in [-0.1, -0.05) is 13.8 Å². The Labute approximate surface area is 98.1 Å². The molecule has 2 amide bonds. The van der Waals surface area contributed by atoms with Crippen molar-refractivity contribution in [3.8, 4) is 0 Å². The van der Waals surface area contributed by atoms with Gasteiger partial charge in [0, 0.05) is 12.6 Å². The highest BCUT2D eigenvalue weighted by atomic mass is 16.5. The van der Waals surface area contributed by atoms with Gasteiger partial charge in [0.25, 0.3) is 0 Å². The summed E-state index contributed by atoms with van der Waals surface area (Å²) in [5, 5.41) is 6.00. The molecule has 4 heteroatoms. The van der Waals surface area contributed by atoms with Gasteiger partial charge in [0.1, 0.15) is 0 Å². The molecule has 0 aromatic carbocycles. The van der Waals surface area contributed by atoms with Crippen molar-refractivity contribution in [1.82, 2.24) is 10.6 Å². The third-order valence-electron chi connectivity index (χ3n) is 3.34. The number of rotatable bonds is 5. The average Bonchev–Trinajstić information content (AvgIpc) is 2.14. The van der Waals surface area contributed by atoms with Crippen LogP contribution in [0, 0.1) is 5.92 Å². The SMILES string of the molecule is COC[C@@H](NC(=O)NC1(C)CCC1)C(C)C. The van der Waals surface area contributed by atoms with Crippen LogP contribution in [0.3, 0.4) is 0 Å². The van der Waals surface area contributed by atoms with Gasteiger partial charge in [0.2, 0.25) is 0 Å². The smallest absolute Gasteiger partial charge is 0.315 e. The van der Waals surface area contributed by atoms with E-state index in [0.717, 1.165) is 12.8 Å². The molecule has 0 aliphatic heterocycles. The number of urea groups is 1. The average molecular weight is 228 g/mol. The van der Waals surface area contributed by atoms with Crippen LogP contribution in [0.2, 0.25) is 0 Å². The van der Waals surface area contributed by atoms with Gasteiger partial charge in [0.15, 0.2) is 0 Å². The highest BCUT2D eigenvalue weighted by molar-refractivity contribution is 5.75. The molecule has 1 aliphatic rings. The predicted octanol–water partition coefficient (Wildman–Crippen LogP) is 1.90. The fraction of sp³-hybridized carbons (Fsp3) is 0.917. The summed E-state index contributed by atoms with van der Waals surface area (Å²) in [5.74, 6) is 0.375. The molecule has 0 radical (unpaired) electrons. The molecule has 94 valence electrons. The fourth-order valence-corrected chi connectivity index (χ4v) is 1.89. The summed E-state index contributed by atoms with van der Waals surface area (Å²) in [4.78, 5) is 11.8. The Bertz CT molecular complexity index is 237. The first-order valence-corrected chi connectivity index (χ1v) is 6.04. The lowest BCUT2D eigenvalue weighted by Crippen LogP contribution is -2.57. The van der Waals surface area contributed by atoms with E-state index in [-0.39, 0.29) is 17.6 Å². The first kappa shape index (κ1) is 13.3. The third-order valence-corrected chi connectivity index (χ3v) is 3.34. The van der Waals surface area contributed by atoms with Crippen molar-refractivity contribution in [3.63, 3.8) is 0 Å². The Hall–Kier alpha value is -0.770. The summed E-state index contributed by atoms with van der Waals surface area (Å²) in [6.45, 7) is 6.81. The molecule has 0 spiro atoms. The number of hydrogen-bond acceptors (Lipinski definition) is 2. The van der Waals surface area contributed by atoms with Gasteiger partial charge < -0.3 is 15.4 Å². The Morgan fingerprint density at radius 2 is 2.06 bits per heavy atom. The van der Waals surface area contributed by atoms with E-state index in [1.807, 2.05) is 0 Å². The summed E-state index contributed by atoms with van der Waals surface area (Å²) in [6.07, 6.45) is 3.37. The van der Waals surface area contributed by atoms with Gasteiger partial charge in [-0.15, -0.1) is 0 Å².